The van der Waals surface area contributed by atoms with Gasteiger partial charge in [-0.1, -0.05) is 26.7 Å². The molecule has 0 aliphatic rings. The summed E-state index contributed by atoms with van der Waals surface area (Å²) >= 11 is 0. The smallest absolute Gasteiger partial charge is 0.276 e. The van der Waals surface area contributed by atoms with Gasteiger partial charge >= 0.3 is 0 Å². The summed E-state index contributed by atoms with van der Waals surface area (Å²) in [5.41, 5.74) is 0. The van der Waals surface area contributed by atoms with Crippen molar-refractivity contribution in [1.29, 1.82) is 0 Å². The minimum Gasteiger partial charge on any atom is -0.396 e. The lowest BCUT2D eigenvalue weighted by Gasteiger charge is -2.09. The lowest BCUT2D eigenvalue weighted by Crippen LogP contribution is -2.38. The Hall–Kier alpha value is -0.170. The van der Waals surface area contributed by atoms with Crippen molar-refractivity contribution in [3.05, 3.63) is 0 Å². The van der Waals surface area contributed by atoms with Crippen LogP contribution in [0.5, 0.6) is 0 Å². The van der Waals surface area contributed by atoms with Gasteiger partial charge in [0.05, 0.1) is 0 Å². The molecule has 3 N–H and O–H groups in total. The first-order valence-electron chi connectivity index (χ1n) is 5.83. The second-order valence-corrected chi connectivity index (χ2v) is 5.86. The standard InChI is InChI=1S/C10H24N2O3S/c1-10(2)9-12-16(14,15)11-7-5-3-4-6-8-13/h10-13H,3-9H2,1-2H3. The van der Waals surface area contributed by atoms with Crippen LogP contribution >= 0.6 is 0 Å². The summed E-state index contributed by atoms with van der Waals surface area (Å²) in [7, 11) is -3.32. The van der Waals surface area contributed by atoms with Crippen LogP contribution in [0, 0.1) is 5.92 Å². The van der Waals surface area contributed by atoms with Gasteiger partial charge in [0, 0.05) is 19.7 Å². The molecule has 0 spiro atoms. The fourth-order valence-electron chi connectivity index (χ4n) is 1.12. The number of hydrogen-bond acceptors (Lipinski definition) is 3. The van der Waals surface area contributed by atoms with Crippen molar-refractivity contribution >= 4 is 10.2 Å². The Morgan fingerprint density at radius 1 is 1.06 bits per heavy atom. The predicted molar refractivity (Wildman–Crippen MR) is 65.3 cm³/mol. The van der Waals surface area contributed by atoms with E-state index in [0.29, 0.717) is 19.0 Å². The maximum absolute atomic E-state index is 11.4. The number of unbranched alkanes of at least 4 members (excludes halogenated alkanes) is 3. The van der Waals surface area contributed by atoms with E-state index in [1.807, 2.05) is 13.8 Å². The molecule has 0 saturated heterocycles. The molecule has 0 unspecified atom stereocenters. The Morgan fingerprint density at radius 3 is 2.25 bits per heavy atom. The van der Waals surface area contributed by atoms with E-state index in [9.17, 15) is 8.42 Å². The van der Waals surface area contributed by atoms with Crippen LogP contribution in [0.4, 0.5) is 0 Å². The van der Waals surface area contributed by atoms with Gasteiger partial charge in [-0.2, -0.15) is 8.42 Å². The predicted octanol–water partition coefficient (Wildman–Crippen LogP) is 0.619. The third-order valence-electron chi connectivity index (χ3n) is 2.06. The van der Waals surface area contributed by atoms with Gasteiger partial charge in [-0.15, -0.1) is 0 Å². The Bertz CT molecular complexity index is 253. The molecule has 0 heterocycles. The Kier molecular flexibility index (Phi) is 8.83. The van der Waals surface area contributed by atoms with Crippen LogP contribution in [0.3, 0.4) is 0 Å². The molecule has 5 nitrogen and oxygen atoms in total. The number of aliphatic hydroxyl groups is 1. The van der Waals surface area contributed by atoms with E-state index in [1.54, 1.807) is 0 Å². The average Bonchev–Trinajstić information content (AvgIpc) is 2.21. The molecule has 0 saturated carbocycles. The zero-order valence-corrected chi connectivity index (χ0v) is 11.0. The quantitative estimate of drug-likeness (QED) is 0.499. The highest BCUT2D eigenvalue weighted by Crippen LogP contribution is 1.98. The number of aliphatic hydroxyl groups excluding tert-OH is 1. The zero-order chi connectivity index (χ0) is 12.4. The van der Waals surface area contributed by atoms with Gasteiger partial charge in [0.1, 0.15) is 0 Å². The average molecular weight is 252 g/mol. The Labute approximate surface area is 98.8 Å². The topological polar surface area (TPSA) is 78.4 Å². The highest BCUT2D eigenvalue weighted by molar-refractivity contribution is 7.87. The molecular formula is C10H24N2O3S. The largest absolute Gasteiger partial charge is 0.396 e. The van der Waals surface area contributed by atoms with Gasteiger partial charge in [0.25, 0.3) is 10.2 Å². The summed E-state index contributed by atoms with van der Waals surface area (Å²) in [6.07, 6.45) is 3.48. The maximum Gasteiger partial charge on any atom is 0.276 e. The van der Waals surface area contributed by atoms with Crippen molar-refractivity contribution in [3.63, 3.8) is 0 Å². The molecule has 6 heteroatoms. The highest BCUT2D eigenvalue weighted by Gasteiger charge is 2.08. The summed E-state index contributed by atoms with van der Waals surface area (Å²) in [5, 5.41) is 8.55. The molecule has 0 aromatic carbocycles. The third-order valence-corrected chi connectivity index (χ3v) is 3.19. The molecular weight excluding hydrogens is 228 g/mol. The lowest BCUT2D eigenvalue weighted by molar-refractivity contribution is 0.282. The van der Waals surface area contributed by atoms with E-state index in [2.05, 4.69) is 9.44 Å². The summed E-state index contributed by atoms with van der Waals surface area (Å²) in [4.78, 5) is 0. The molecule has 0 radical (unpaired) electrons. The van der Waals surface area contributed by atoms with E-state index >= 15 is 0 Å². The molecule has 0 aromatic rings. The van der Waals surface area contributed by atoms with Gasteiger partial charge in [-0.3, -0.25) is 0 Å². The van der Waals surface area contributed by atoms with Crippen LogP contribution in [0.1, 0.15) is 39.5 Å². The minimum atomic E-state index is -3.32. The Morgan fingerprint density at radius 2 is 1.69 bits per heavy atom. The third kappa shape index (κ3) is 10.4. The first-order chi connectivity index (χ1) is 7.48. The first-order valence-corrected chi connectivity index (χ1v) is 7.31. The van der Waals surface area contributed by atoms with Crippen molar-refractivity contribution in [3.8, 4) is 0 Å². The molecule has 0 aromatic heterocycles. The molecule has 0 aliphatic heterocycles. The fourth-order valence-corrected chi connectivity index (χ4v) is 2.19. The summed E-state index contributed by atoms with van der Waals surface area (Å²) < 4.78 is 27.7. The fraction of sp³-hybridized carbons (Fsp3) is 1.00. The van der Waals surface area contributed by atoms with Crippen LogP contribution in [-0.4, -0.2) is 33.2 Å². The number of rotatable bonds is 10. The van der Waals surface area contributed by atoms with Crippen molar-refractivity contribution in [1.82, 2.24) is 9.44 Å². The van der Waals surface area contributed by atoms with Crippen LogP contribution in [0.25, 0.3) is 0 Å². The molecule has 0 aliphatic carbocycles. The molecule has 0 fully saturated rings. The van der Waals surface area contributed by atoms with Gasteiger partial charge in [0.2, 0.25) is 0 Å². The van der Waals surface area contributed by atoms with E-state index in [1.165, 1.54) is 0 Å². The van der Waals surface area contributed by atoms with Gasteiger partial charge in [-0.05, 0) is 18.8 Å². The second-order valence-electron chi connectivity index (χ2n) is 4.28. The highest BCUT2D eigenvalue weighted by atomic mass is 32.2. The number of hydrogen-bond donors (Lipinski definition) is 3. The van der Waals surface area contributed by atoms with Crippen LogP contribution in [-0.2, 0) is 10.2 Å². The normalized spacial score (nSPS) is 12.2. The molecule has 0 bridgehead atoms. The van der Waals surface area contributed by atoms with E-state index in [4.69, 9.17) is 5.11 Å². The summed E-state index contributed by atoms with van der Waals surface area (Å²) in [5.74, 6) is 0.307. The monoisotopic (exact) mass is 252 g/mol. The van der Waals surface area contributed by atoms with Gasteiger partial charge in [-0.25, -0.2) is 9.44 Å². The van der Waals surface area contributed by atoms with Crippen molar-refractivity contribution in [2.45, 2.75) is 39.5 Å². The first kappa shape index (κ1) is 15.8. The Balaban J connectivity index is 3.51. The number of nitrogens with one attached hydrogen (secondary N) is 2. The zero-order valence-electron chi connectivity index (χ0n) is 10.2. The minimum absolute atomic E-state index is 0.210. The van der Waals surface area contributed by atoms with E-state index in [0.717, 1.165) is 25.7 Å². The molecule has 16 heavy (non-hydrogen) atoms. The van der Waals surface area contributed by atoms with E-state index < -0.39 is 10.2 Å². The van der Waals surface area contributed by atoms with Gasteiger partial charge in [0.15, 0.2) is 0 Å². The van der Waals surface area contributed by atoms with Crippen molar-refractivity contribution in [2.75, 3.05) is 19.7 Å². The SMILES string of the molecule is CC(C)CNS(=O)(=O)NCCCCCCO. The van der Waals surface area contributed by atoms with Crippen molar-refractivity contribution in [2.24, 2.45) is 5.92 Å². The van der Waals surface area contributed by atoms with E-state index in [-0.39, 0.29) is 6.61 Å². The van der Waals surface area contributed by atoms with Crippen LogP contribution in [0.2, 0.25) is 0 Å². The second kappa shape index (κ2) is 8.92. The van der Waals surface area contributed by atoms with Gasteiger partial charge < -0.3 is 5.11 Å². The molecule has 0 rings (SSSR count). The molecule has 0 amide bonds. The molecule has 0 atom stereocenters. The summed E-state index contributed by atoms with van der Waals surface area (Å²) in [6.45, 7) is 5.04. The van der Waals surface area contributed by atoms with Crippen LogP contribution < -0.4 is 9.44 Å². The lowest BCUT2D eigenvalue weighted by atomic mass is 10.2. The maximum atomic E-state index is 11.4. The van der Waals surface area contributed by atoms with Crippen molar-refractivity contribution < 1.29 is 13.5 Å². The van der Waals surface area contributed by atoms with Crippen LogP contribution in [0.15, 0.2) is 0 Å². The molecule has 98 valence electrons. The summed E-state index contributed by atoms with van der Waals surface area (Å²) in [6, 6.07) is 0.